The molecule has 0 radical (unpaired) electrons. The van der Waals surface area contributed by atoms with E-state index in [4.69, 9.17) is 0 Å². The second-order valence-corrected chi connectivity index (χ2v) is 6.53. The monoisotopic (exact) mass is 329 g/mol. The zero-order chi connectivity index (χ0) is 16.8. The maximum atomic E-state index is 12.5. The van der Waals surface area contributed by atoms with Crippen LogP contribution in [0.4, 0.5) is 0 Å². The van der Waals surface area contributed by atoms with Gasteiger partial charge in [0.1, 0.15) is 5.82 Å². The number of carbonyl (C=O) groups is 1. The Morgan fingerprint density at radius 2 is 2.21 bits per heavy atom. The Balaban J connectivity index is 1.57. The smallest absolute Gasteiger partial charge is 0.224 e. The van der Waals surface area contributed by atoms with Crippen molar-refractivity contribution in [2.75, 3.05) is 13.1 Å². The zero-order valence-electron chi connectivity index (χ0n) is 14.5. The number of likely N-dealkylation sites (tertiary alicyclic amines) is 1. The number of imidazole rings is 1. The van der Waals surface area contributed by atoms with Crippen molar-refractivity contribution in [3.05, 3.63) is 36.7 Å². The Labute approximate surface area is 143 Å². The molecule has 3 heterocycles. The van der Waals surface area contributed by atoms with Crippen molar-refractivity contribution in [2.24, 2.45) is 0 Å². The molecule has 1 saturated heterocycles. The molecule has 2 aromatic heterocycles. The van der Waals surface area contributed by atoms with E-state index in [1.54, 1.807) is 6.20 Å². The van der Waals surface area contributed by atoms with E-state index < -0.39 is 0 Å². The van der Waals surface area contributed by atoms with Gasteiger partial charge in [-0.3, -0.25) is 9.48 Å². The molecule has 0 N–H and O–H groups in total. The summed E-state index contributed by atoms with van der Waals surface area (Å²) in [5, 5.41) is 4.16. The van der Waals surface area contributed by atoms with E-state index in [0.717, 1.165) is 38.3 Å². The molecule has 1 aliphatic rings. The summed E-state index contributed by atoms with van der Waals surface area (Å²) in [7, 11) is 0. The number of nitrogens with zero attached hydrogens (tertiary/aromatic N) is 5. The summed E-state index contributed by atoms with van der Waals surface area (Å²) in [5.41, 5.74) is 0. The van der Waals surface area contributed by atoms with Crippen LogP contribution in [0.15, 0.2) is 30.9 Å². The summed E-state index contributed by atoms with van der Waals surface area (Å²) in [6, 6.07) is 1.89. The Bertz CT molecular complexity index is 634. The Kier molecular flexibility index (Phi) is 5.67. The van der Waals surface area contributed by atoms with E-state index in [1.807, 2.05) is 28.0 Å². The maximum Gasteiger partial charge on any atom is 0.224 e. The SMILES string of the molecule is CCCCn1ccnc1[C@@H]1CCCN(C(=O)CCn2cccn2)C1. The molecule has 0 aliphatic carbocycles. The molecule has 1 amide bonds. The van der Waals surface area contributed by atoms with Gasteiger partial charge in [0.2, 0.25) is 5.91 Å². The lowest BCUT2D eigenvalue weighted by Gasteiger charge is -2.32. The van der Waals surface area contributed by atoms with Crippen molar-refractivity contribution in [3.8, 4) is 0 Å². The van der Waals surface area contributed by atoms with Crippen molar-refractivity contribution in [1.82, 2.24) is 24.2 Å². The number of rotatable bonds is 7. The average Bonchev–Trinajstić information content (AvgIpc) is 3.29. The number of aromatic nitrogens is 4. The first-order valence-corrected chi connectivity index (χ1v) is 9.04. The first-order valence-electron chi connectivity index (χ1n) is 9.04. The van der Waals surface area contributed by atoms with E-state index in [2.05, 4.69) is 27.8 Å². The van der Waals surface area contributed by atoms with Crippen molar-refractivity contribution in [1.29, 1.82) is 0 Å². The number of piperidine rings is 1. The number of hydrogen-bond acceptors (Lipinski definition) is 3. The van der Waals surface area contributed by atoms with E-state index in [-0.39, 0.29) is 5.91 Å². The predicted octanol–water partition coefficient (Wildman–Crippen LogP) is 2.68. The lowest BCUT2D eigenvalue weighted by atomic mass is 9.96. The van der Waals surface area contributed by atoms with Crippen LogP contribution in [0.25, 0.3) is 0 Å². The largest absolute Gasteiger partial charge is 0.342 e. The topological polar surface area (TPSA) is 56.0 Å². The number of amides is 1. The highest BCUT2D eigenvalue weighted by Crippen LogP contribution is 2.26. The fraction of sp³-hybridized carbons (Fsp3) is 0.611. The summed E-state index contributed by atoms with van der Waals surface area (Å²) < 4.78 is 4.09. The minimum atomic E-state index is 0.224. The van der Waals surface area contributed by atoms with E-state index >= 15 is 0 Å². The fourth-order valence-corrected chi connectivity index (χ4v) is 3.41. The molecule has 0 saturated carbocycles. The van der Waals surface area contributed by atoms with Gasteiger partial charge in [0.25, 0.3) is 0 Å². The fourth-order valence-electron chi connectivity index (χ4n) is 3.41. The van der Waals surface area contributed by atoms with Gasteiger partial charge >= 0.3 is 0 Å². The van der Waals surface area contributed by atoms with Gasteiger partial charge in [-0.2, -0.15) is 5.10 Å². The highest BCUT2D eigenvalue weighted by Gasteiger charge is 2.27. The molecule has 1 fully saturated rings. The first-order chi connectivity index (χ1) is 11.8. The van der Waals surface area contributed by atoms with Crippen LogP contribution in [0.5, 0.6) is 0 Å². The lowest BCUT2D eigenvalue weighted by molar-refractivity contribution is -0.132. The number of hydrogen-bond donors (Lipinski definition) is 0. The van der Waals surface area contributed by atoms with Gasteiger partial charge < -0.3 is 9.47 Å². The predicted molar refractivity (Wildman–Crippen MR) is 92.5 cm³/mol. The van der Waals surface area contributed by atoms with Gasteiger partial charge in [0, 0.05) is 63.3 Å². The summed E-state index contributed by atoms with van der Waals surface area (Å²) in [6.07, 6.45) is 12.6. The molecule has 2 aromatic rings. The van der Waals surface area contributed by atoms with E-state index in [9.17, 15) is 4.79 Å². The molecule has 6 heteroatoms. The third-order valence-electron chi connectivity index (χ3n) is 4.75. The number of carbonyl (C=O) groups excluding carboxylic acids is 1. The minimum absolute atomic E-state index is 0.224. The van der Waals surface area contributed by atoms with Crippen LogP contribution >= 0.6 is 0 Å². The van der Waals surface area contributed by atoms with Gasteiger partial charge in [-0.25, -0.2) is 4.98 Å². The minimum Gasteiger partial charge on any atom is -0.342 e. The van der Waals surface area contributed by atoms with Crippen molar-refractivity contribution >= 4 is 5.91 Å². The third-order valence-corrected chi connectivity index (χ3v) is 4.75. The van der Waals surface area contributed by atoms with Crippen molar-refractivity contribution in [2.45, 2.75) is 58.0 Å². The highest BCUT2D eigenvalue weighted by molar-refractivity contribution is 5.76. The van der Waals surface area contributed by atoms with Gasteiger partial charge in [-0.1, -0.05) is 13.3 Å². The quantitative estimate of drug-likeness (QED) is 0.785. The summed E-state index contributed by atoms with van der Waals surface area (Å²) in [5.74, 6) is 1.73. The summed E-state index contributed by atoms with van der Waals surface area (Å²) in [4.78, 5) is 19.1. The number of aryl methyl sites for hydroxylation is 2. The standard InChI is InChI=1S/C18H27N5O/c1-2-3-10-21-14-9-19-18(21)16-6-4-11-22(15-16)17(24)7-13-23-12-5-8-20-23/h5,8-9,12,14,16H,2-4,6-7,10-11,13,15H2,1H3/t16-/m1/s1. The van der Waals surface area contributed by atoms with Crippen LogP contribution in [-0.2, 0) is 17.9 Å². The zero-order valence-corrected chi connectivity index (χ0v) is 14.5. The molecule has 0 aromatic carbocycles. The van der Waals surface area contributed by atoms with Crippen LogP contribution in [0.2, 0.25) is 0 Å². The van der Waals surface area contributed by atoms with Crippen LogP contribution < -0.4 is 0 Å². The summed E-state index contributed by atoms with van der Waals surface area (Å²) in [6.45, 7) is 5.54. The highest BCUT2D eigenvalue weighted by atomic mass is 16.2. The second kappa shape index (κ2) is 8.13. The van der Waals surface area contributed by atoms with Gasteiger partial charge in [0.05, 0.1) is 0 Å². The summed E-state index contributed by atoms with van der Waals surface area (Å²) >= 11 is 0. The molecule has 1 aliphatic heterocycles. The third kappa shape index (κ3) is 4.04. The van der Waals surface area contributed by atoms with Crippen molar-refractivity contribution in [3.63, 3.8) is 0 Å². The molecule has 6 nitrogen and oxygen atoms in total. The molecule has 0 unspecified atom stereocenters. The van der Waals surface area contributed by atoms with Crippen LogP contribution in [-0.4, -0.2) is 43.2 Å². The van der Waals surface area contributed by atoms with Crippen molar-refractivity contribution < 1.29 is 4.79 Å². The second-order valence-electron chi connectivity index (χ2n) is 6.53. The Morgan fingerprint density at radius 1 is 1.29 bits per heavy atom. The molecular formula is C18H27N5O. The Hall–Kier alpha value is -2.11. The molecule has 0 bridgehead atoms. The number of unbranched alkanes of at least 4 members (excludes halogenated alkanes) is 1. The molecular weight excluding hydrogens is 302 g/mol. The van der Waals surface area contributed by atoms with E-state index in [0.29, 0.717) is 18.9 Å². The molecule has 24 heavy (non-hydrogen) atoms. The van der Waals surface area contributed by atoms with Gasteiger partial charge in [-0.15, -0.1) is 0 Å². The van der Waals surface area contributed by atoms with Crippen LogP contribution in [0, 0.1) is 0 Å². The molecule has 0 spiro atoms. The van der Waals surface area contributed by atoms with Gasteiger partial charge in [0.15, 0.2) is 0 Å². The molecule has 1 atom stereocenters. The normalized spacial score (nSPS) is 18.0. The van der Waals surface area contributed by atoms with Crippen LogP contribution in [0.1, 0.15) is 50.8 Å². The molecule has 3 rings (SSSR count). The van der Waals surface area contributed by atoms with Gasteiger partial charge in [-0.05, 0) is 25.3 Å². The first kappa shape index (κ1) is 16.7. The van der Waals surface area contributed by atoms with Crippen LogP contribution in [0.3, 0.4) is 0 Å². The molecule has 130 valence electrons. The lowest BCUT2D eigenvalue weighted by Crippen LogP contribution is -2.40. The Morgan fingerprint density at radius 3 is 3.00 bits per heavy atom. The average molecular weight is 329 g/mol. The maximum absolute atomic E-state index is 12.5. The van der Waals surface area contributed by atoms with E-state index in [1.165, 1.54) is 12.8 Å².